The number of carbonyl (C=O) groups excluding carboxylic acids is 2. The molecule has 1 unspecified atom stereocenters. The van der Waals surface area contributed by atoms with Crippen LogP contribution in [0.5, 0.6) is 0 Å². The molecule has 0 bridgehead atoms. The van der Waals surface area contributed by atoms with Gasteiger partial charge in [-0.2, -0.15) is 4.31 Å². The van der Waals surface area contributed by atoms with E-state index in [1.807, 2.05) is 0 Å². The second kappa shape index (κ2) is 8.30. The first-order chi connectivity index (χ1) is 13.3. The maximum Gasteiger partial charge on any atom is 0.243 e. The van der Waals surface area contributed by atoms with Gasteiger partial charge < -0.3 is 10.6 Å². The Labute approximate surface area is 168 Å². The van der Waals surface area contributed by atoms with Crippen molar-refractivity contribution in [2.45, 2.75) is 30.7 Å². The number of nitrogens with one attached hydrogen (secondary N) is 2. The maximum absolute atomic E-state index is 12.9. The maximum atomic E-state index is 12.9. The van der Waals surface area contributed by atoms with Gasteiger partial charge in [-0.25, -0.2) is 8.42 Å². The second-order valence-corrected chi connectivity index (χ2v) is 8.75. The molecule has 1 saturated heterocycles. The minimum atomic E-state index is -3.76. The molecule has 1 fully saturated rings. The summed E-state index contributed by atoms with van der Waals surface area (Å²) in [5.41, 5.74) is 0.856. The molecular formula is C19H20ClN3O4S. The van der Waals surface area contributed by atoms with E-state index in [2.05, 4.69) is 10.6 Å². The summed E-state index contributed by atoms with van der Waals surface area (Å²) in [6.07, 6.45) is 1.03. The first kappa shape index (κ1) is 20.3. The van der Waals surface area contributed by atoms with Crippen LogP contribution in [0, 0.1) is 0 Å². The first-order valence-electron chi connectivity index (χ1n) is 8.74. The average molecular weight is 422 g/mol. The van der Waals surface area contributed by atoms with Crippen molar-refractivity contribution in [1.82, 2.24) is 4.31 Å². The van der Waals surface area contributed by atoms with Gasteiger partial charge in [-0.1, -0.05) is 29.8 Å². The Morgan fingerprint density at radius 1 is 1.11 bits per heavy atom. The van der Waals surface area contributed by atoms with Crippen molar-refractivity contribution in [3.63, 3.8) is 0 Å². The molecule has 1 aliphatic heterocycles. The lowest BCUT2D eigenvalue weighted by atomic mass is 10.2. The molecule has 2 aromatic rings. The van der Waals surface area contributed by atoms with Gasteiger partial charge in [0, 0.05) is 19.2 Å². The smallest absolute Gasteiger partial charge is 0.243 e. The zero-order valence-electron chi connectivity index (χ0n) is 15.2. The van der Waals surface area contributed by atoms with Crippen LogP contribution in [0.3, 0.4) is 0 Å². The highest BCUT2D eigenvalue weighted by Gasteiger charge is 2.39. The van der Waals surface area contributed by atoms with Gasteiger partial charge in [0.05, 0.1) is 15.6 Å². The van der Waals surface area contributed by atoms with Crippen LogP contribution in [0.25, 0.3) is 0 Å². The Morgan fingerprint density at radius 3 is 2.46 bits per heavy atom. The Bertz CT molecular complexity index is 995. The highest BCUT2D eigenvalue weighted by atomic mass is 35.5. The van der Waals surface area contributed by atoms with E-state index < -0.39 is 22.0 Å². The van der Waals surface area contributed by atoms with E-state index in [1.54, 1.807) is 30.3 Å². The van der Waals surface area contributed by atoms with Crippen LogP contribution in [-0.2, 0) is 19.6 Å². The molecule has 1 heterocycles. The van der Waals surface area contributed by atoms with Gasteiger partial charge in [-0.3, -0.25) is 9.59 Å². The van der Waals surface area contributed by atoms with Gasteiger partial charge in [0.2, 0.25) is 21.8 Å². The van der Waals surface area contributed by atoms with Crippen LogP contribution >= 0.6 is 11.6 Å². The van der Waals surface area contributed by atoms with Crippen LogP contribution < -0.4 is 10.6 Å². The van der Waals surface area contributed by atoms with Gasteiger partial charge in [-0.15, -0.1) is 0 Å². The lowest BCUT2D eigenvalue weighted by Gasteiger charge is -2.23. The van der Waals surface area contributed by atoms with Gasteiger partial charge in [0.25, 0.3) is 0 Å². The van der Waals surface area contributed by atoms with Crippen molar-refractivity contribution in [3.8, 4) is 0 Å². The quantitative estimate of drug-likeness (QED) is 0.775. The Morgan fingerprint density at radius 2 is 1.82 bits per heavy atom. The number of carbonyl (C=O) groups is 2. The van der Waals surface area contributed by atoms with Gasteiger partial charge >= 0.3 is 0 Å². The highest BCUT2D eigenvalue weighted by Crippen LogP contribution is 2.29. The third kappa shape index (κ3) is 4.35. The van der Waals surface area contributed by atoms with Crippen molar-refractivity contribution in [3.05, 3.63) is 53.6 Å². The zero-order chi connectivity index (χ0) is 20.3. The van der Waals surface area contributed by atoms with Gasteiger partial charge in [-0.05, 0) is 43.2 Å². The largest absolute Gasteiger partial charge is 0.326 e. The van der Waals surface area contributed by atoms with Crippen molar-refractivity contribution < 1.29 is 18.0 Å². The van der Waals surface area contributed by atoms with Crippen LogP contribution in [-0.4, -0.2) is 37.1 Å². The predicted octanol–water partition coefficient (Wildman–Crippen LogP) is 3.09. The van der Waals surface area contributed by atoms with Crippen LogP contribution in [0.1, 0.15) is 19.8 Å². The standard InChI is InChI=1S/C19H20ClN3O4S/c1-13(24)21-14-9-10-17(16(20)12-14)22-19(25)18-8-5-11-23(18)28(26,27)15-6-3-2-4-7-15/h2-4,6-7,9-10,12,18H,5,8,11H2,1H3,(H,21,24)(H,22,25). The SMILES string of the molecule is CC(=O)Nc1ccc(NC(=O)C2CCCN2S(=O)(=O)c2ccccc2)c(Cl)c1. The van der Waals surface area contributed by atoms with E-state index >= 15 is 0 Å². The number of nitrogens with zero attached hydrogens (tertiary/aromatic N) is 1. The first-order valence-corrected chi connectivity index (χ1v) is 10.6. The van der Waals surface area contributed by atoms with E-state index in [0.717, 1.165) is 0 Å². The Balaban J connectivity index is 1.78. The molecular weight excluding hydrogens is 402 g/mol. The zero-order valence-corrected chi connectivity index (χ0v) is 16.8. The molecule has 0 aliphatic carbocycles. The van der Waals surface area contributed by atoms with E-state index in [-0.39, 0.29) is 22.4 Å². The molecule has 148 valence electrons. The Kier molecular flexibility index (Phi) is 6.02. The number of sulfonamides is 1. The third-order valence-corrected chi connectivity index (χ3v) is 6.64. The third-order valence-electron chi connectivity index (χ3n) is 4.40. The van der Waals surface area contributed by atoms with Crippen molar-refractivity contribution >= 4 is 44.8 Å². The minimum Gasteiger partial charge on any atom is -0.326 e. The molecule has 0 spiro atoms. The number of amides is 2. The number of benzene rings is 2. The molecule has 9 heteroatoms. The summed E-state index contributed by atoms with van der Waals surface area (Å²) < 4.78 is 27.0. The van der Waals surface area contributed by atoms with Crippen molar-refractivity contribution in [2.75, 3.05) is 17.2 Å². The molecule has 2 amide bonds. The number of hydrogen-bond acceptors (Lipinski definition) is 4. The van der Waals surface area contributed by atoms with Gasteiger partial charge in [0.15, 0.2) is 0 Å². The fourth-order valence-corrected chi connectivity index (χ4v) is 5.04. The molecule has 1 aliphatic rings. The van der Waals surface area contributed by atoms with Crippen LogP contribution in [0.4, 0.5) is 11.4 Å². The lowest BCUT2D eigenvalue weighted by Crippen LogP contribution is -2.43. The molecule has 1 atom stereocenters. The normalized spacial score (nSPS) is 17.3. The predicted molar refractivity (Wildman–Crippen MR) is 108 cm³/mol. The molecule has 3 rings (SSSR count). The summed E-state index contributed by atoms with van der Waals surface area (Å²) in [5.74, 6) is -0.674. The molecule has 0 radical (unpaired) electrons. The van der Waals surface area contributed by atoms with E-state index in [4.69, 9.17) is 11.6 Å². The number of anilines is 2. The number of rotatable bonds is 5. The van der Waals surface area contributed by atoms with Gasteiger partial charge in [0.1, 0.15) is 6.04 Å². The van der Waals surface area contributed by atoms with E-state index in [9.17, 15) is 18.0 Å². The van der Waals surface area contributed by atoms with Crippen molar-refractivity contribution in [1.29, 1.82) is 0 Å². The van der Waals surface area contributed by atoms with Crippen molar-refractivity contribution in [2.24, 2.45) is 0 Å². The molecule has 2 aromatic carbocycles. The van der Waals surface area contributed by atoms with E-state index in [1.165, 1.54) is 29.4 Å². The number of hydrogen-bond donors (Lipinski definition) is 2. The lowest BCUT2D eigenvalue weighted by molar-refractivity contribution is -0.119. The highest BCUT2D eigenvalue weighted by molar-refractivity contribution is 7.89. The summed E-state index contributed by atoms with van der Waals surface area (Å²) in [5, 5.41) is 5.54. The Hall–Kier alpha value is -2.42. The molecule has 0 saturated carbocycles. The average Bonchev–Trinajstić information content (AvgIpc) is 3.15. The summed E-state index contributed by atoms with van der Waals surface area (Å²) in [4.78, 5) is 24.1. The number of halogens is 1. The fourth-order valence-electron chi connectivity index (χ4n) is 3.13. The monoisotopic (exact) mass is 421 g/mol. The molecule has 7 nitrogen and oxygen atoms in total. The molecule has 2 N–H and O–H groups in total. The van der Waals surface area contributed by atoms with E-state index in [0.29, 0.717) is 24.2 Å². The summed E-state index contributed by atoms with van der Waals surface area (Å²) in [7, 11) is -3.76. The second-order valence-electron chi connectivity index (χ2n) is 6.45. The summed E-state index contributed by atoms with van der Waals surface area (Å²) in [6, 6.07) is 11.9. The minimum absolute atomic E-state index is 0.160. The topological polar surface area (TPSA) is 95.6 Å². The summed E-state index contributed by atoms with van der Waals surface area (Å²) in [6.45, 7) is 1.66. The fraction of sp³-hybridized carbons (Fsp3) is 0.263. The van der Waals surface area contributed by atoms with Crippen LogP contribution in [0.15, 0.2) is 53.4 Å². The molecule has 28 heavy (non-hydrogen) atoms. The molecule has 0 aromatic heterocycles. The summed E-state index contributed by atoms with van der Waals surface area (Å²) >= 11 is 6.19. The van der Waals surface area contributed by atoms with Crippen LogP contribution in [0.2, 0.25) is 5.02 Å².